The quantitative estimate of drug-likeness (QED) is 0.284. The minimum atomic E-state index is 0.224. The highest BCUT2D eigenvalue weighted by Crippen LogP contribution is 2.17. The minimum Gasteiger partial charge on any atom is -0.396 e. The van der Waals surface area contributed by atoms with E-state index in [0.29, 0.717) is 5.82 Å². The smallest absolute Gasteiger partial charge is 0.141 e. The molecule has 0 radical (unpaired) electrons. The Morgan fingerprint density at radius 3 is 3.08 bits per heavy atom. The summed E-state index contributed by atoms with van der Waals surface area (Å²) in [5, 5.41) is 9.50. The maximum Gasteiger partial charge on any atom is 0.141 e. The molecule has 0 aromatic carbocycles. The van der Waals surface area contributed by atoms with Crippen LogP contribution in [0, 0.1) is 0 Å². The van der Waals surface area contributed by atoms with Gasteiger partial charge in [0, 0.05) is 12.4 Å². The van der Waals surface area contributed by atoms with E-state index in [1.54, 1.807) is 17.8 Å². The molecule has 0 unspecified atom stereocenters. The number of aliphatic hydroxyl groups excluding tert-OH is 1. The van der Waals surface area contributed by atoms with Crippen LogP contribution in [0.4, 0.5) is 5.82 Å². The highest BCUT2D eigenvalue weighted by molar-refractivity contribution is 7.99. The van der Waals surface area contributed by atoms with E-state index in [2.05, 4.69) is 10.4 Å². The molecule has 1 heterocycles. The van der Waals surface area contributed by atoms with Crippen LogP contribution < -0.4 is 11.3 Å². The van der Waals surface area contributed by atoms with Gasteiger partial charge in [0.1, 0.15) is 5.82 Å². The summed E-state index contributed by atoms with van der Waals surface area (Å²) in [5.41, 5.74) is 2.48. The summed E-state index contributed by atoms with van der Waals surface area (Å²) in [6.07, 6.45) is 0.784. The number of aromatic nitrogens is 1. The van der Waals surface area contributed by atoms with Gasteiger partial charge in [-0.15, -0.1) is 11.8 Å². The van der Waals surface area contributed by atoms with E-state index in [-0.39, 0.29) is 6.61 Å². The van der Waals surface area contributed by atoms with Gasteiger partial charge in [0.15, 0.2) is 0 Å². The van der Waals surface area contributed by atoms with Crippen LogP contribution in [-0.4, -0.2) is 22.5 Å². The number of hydrazine groups is 1. The standard InChI is InChI=1S/C8H13N3OS/c9-11-7-3-1-4-8(10-7)13-6-2-5-12/h1,3-4,12H,2,5-6,9H2,(H,10,11). The number of aliphatic hydroxyl groups is 1. The number of thioether (sulfide) groups is 1. The van der Waals surface area contributed by atoms with E-state index in [0.717, 1.165) is 17.2 Å². The van der Waals surface area contributed by atoms with E-state index in [1.807, 2.05) is 12.1 Å². The Labute approximate surface area is 81.5 Å². The van der Waals surface area contributed by atoms with Gasteiger partial charge in [0.25, 0.3) is 0 Å². The number of anilines is 1. The first-order valence-electron chi connectivity index (χ1n) is 4.04. The lowest BCUT2D eigenvalue weighted by Crippen LogP contribution is -2.08. The van der Waals surface area contributed by atoms with Crippen LogP contribution in [0.5, 0.6) is 0 Å². The second kappa shape index (κ2) is 5.80. The van der Waals surface area contributed by atoms with Gasteiger partial charge in [0.05, 0.1) is 5.03 Å². The van der Waals surface area contributed by atoms with Crippen molar-refractivity contribution in [3.63, 3.8) is 0 Å². The maximum atomic E-state index is 8.58. The van der Waals surface area contributed by atoms with Crippen molar-refractivity contribution in [1.29, 1.82) is 0 Å². The third-order valence-electron chi connectivity index (χ3n) is 1.42. The first-order valence-corrected chi connectivity index (χ1v) is 5.02. The third-order valence-corrected chi connectivity index (χ3v) is 2.44. The average Bonchev–Trinajstić information content (AvgIpc) is 2.19. The summed E-state index contributed by atoms with van der Waals surface area (Å²) in [4.78, 5) is 4.21. The lowest BCUT2D eigenvalue weighted by molar-refractivity contribution is 0.296. The molecule has 0 aliphatic heterocycles. The normalized spacial score (nSPS) is 10.0. The Kier molecular flexibility index (Phi) is 4.59. The molecule has 0 aliphatic carbocycles. The van der Waals surface area contributed by atoms with Crippen LogP contribution in [0.25, 0.3) is 0 Å². The molecule has 1 aromatic heterocycles. The number of pyridine rings is 1. The summed E-state index contributed by atoms with van der Waals surface area (Å²) in [6.45, 7) is 0.224. The molecule has 0 bridgehead atoms. The summed E-state index contributed by atoms with van der Waals surface area (Å²) in [7, 11) is 0. The summed E-state index contributed by atoms with van der Waals surface area (Å²) in [6, 6.07) is 5.61. The molecule has 0 saturated heterocycles. The van der Waals surface area contributed by atoms with E-state index in [1.165, 1.54) is 0 Å². The van der Waals surface area contributed by atoms with Crippen LogP contribution in [0.3, 0.4) is 0 Å². The van der Waals surface area contributed by atoms with Gasteiger partial charge >= 0.3 is 0 Å². The van der Waals surface area contributed by atoms with E-state index in [4.69, 9.17) is 10.9 Å². The molecule has 0 spiro atoms. The number of nitrogens with one attached hydrogen (secondary N) is 1. The predicted octanol–water partition coefficient (Wildman–Crippen LogP) is 0.842. The highest BCUT2D eigenvalue weighted by Gasteiger charge is 1.96. The van der Waals surface area contributed by atoms with Gasteiger partial charge < -0.3 is 10.5 Å². The largest absolute Gasteiger partial charge is 0.396 e. The van der Waals surface area contributed by atoms with Crippen LogP contribution in [0.2, 0.25) is 0 Å². The maximum absolute atomic E-state index is 8.58. The summed E-state index contributed by atoms with van der Waals surface area (Å²) >= 11 is 1.61. The Morgan fingerprint density at radius 2 is 2.38 bits per heavy atom. The third kappa shape index (κ3) is 3.63. The average molecular weight is 199 g/mol. The molecule has 4 N–H and O–H groups in total. The fourth-order valence-corrected chi connectivity index (χ4v) is 1.64. The molecule has 0 fully saturated rings. The van der Waals surface area contributed by atoms with Crippen molar-refractivity contribution in [1.82, 2.24) is 4.98 Å². The molecular weight excluding hydrogens is 186 g/mol. The van der Waals surface area contributed by atoms with Crippen molar-refractivity contribution in [2.45, 2.75) is 11.4 Å². The molecule has 4 nitrogen and oxygen atoms in total. The molecule has 13 heavy (non-hydrogen) atoms. The number of nitrogens with zero attached hydrogens (tertiary/aromatic N) is 1. The van der Waals surface area contributed by atoms with Crippen LogP contribution in [0.15, 0.2) is 23.2 Å². The van der Waals surface area contributed by atoms with Crippen molar-refractivity contribution in [2.24, 2.45) is 5.84 Å². The molecule has 0 amide bonds. The highest BCUT2D eigenvalue weighted by atomic mass is 32.2. The molecule has 72 valence electrons. The van der Waals surface area contributed by atoms with Gasteiger partial charge in [0.2, 0.25) is 0 Å². The second-order valence-corrected chi connectivity index (χ2v) is 3.55. The molecular formula is C8H13N3OS. The van der Waals surface area contributed by atoms with E-state index in [9.17, 15) is 0 Å². The molecule has 0 aliphatic rings. The predicted molar refractivity (Wildman–Crippen MR) is 54.5 cm³/mol. The summed E-state index contributed by atoms with van der Waals surface area (Å²) in [5.74, 6) is 6.75. The van der Waals surface area contributed by atoms with Gasteiger partial charge in [-0.2, -0.15) is 0 Å². The Bertz CT molecular complexity index is 257. The van der Waals surface area contributed by atoms with Crippen LogP contribution in [0.1, 0.15) is 6.42 Å². The van der Waals surface area contributed by atoms with Crippen molar-refractivity contribution in [3.05, 3.63) is 18.2 Å². The lowest BCUT2D eigenvalue weighted by atomic mass is 10.5. The first kappa shape index (κ1) is 10.3. The van der Waals surface area contributed by atoms with Gasteiger partial charge in [-0.1, -0.05) is 6.07 Å². The molecule has 1 aromatic rings. The Morgan fingerprint density at radius 1 is 1.54 bits per heavy atom. The first-order chi connectivity index (χ1) is 6.36. The van der Waals surface area contributed by atoms with Crippen molar-refractivity contribution in [2.75, 3.05) is 17.8 Å². The Balaban J connectivity index is 2.46. The number of rotatable bonds is 5. The number of hydrogen-bond acceptors (Lipinski definition) is 5. The number of nitrogen functional groups attached to an aromatic ring is 1. The lowest BCUT2D eigenvalue weighted by Gasteiger charge is -2.02. The fourth-order valence-electron chi connectivity index (χ4n) is 0.817. The van der Waals surface area contributed by atoms with Gasteiger partial charge in [-0.25, -0.2) is 10.8 Å². The van der Waals surface area contributed by atoms with Gasteiger partial charge in [-0.05, 0) is 18.6 Å². The molecule has 5 heteroatoms. The molecule has 1 rings (SSSR count). The van der Waals surface area contributed by atoms with Crippen LogP contribution in [-0.2, 0) is 0 Å². The van der Waals surface area contributed by atoms with Crippen molar-refractivity contribution < 1.29 is 5.11 Å². The Hall–Kier alpha value is -0.780. The van der Waals surface area contributed by atoms with Crippen molar-refractivity contribution in [3.8, 4) is 0 Å². The monoisotopic (exact) mass is 199 g/mol. The zero-order valence-electron chi connectivity index (χ0n) is 7.23. The fraction of sp³-hybridized carbons (Fsp3) is 0.375. The topological polar surface area (TPSA) is 71.2 Å². The van der Waals surface area contributed by atoms with E-state index < -0.39 is 0 Å². The number of hydrogen-bond donors (Lipinski definition) is 3. The van der Waals surface area contributed by atoms with Crippen LogP contribution >= 0.6 is 11.8 Å². The molecule has 0 atom stereocenters. The van der Waals surface area contributed by atoms with E-state index >= 15 is 0 Å². The van der Waals surface area contributed by atoms with Gasteiger partial charge in [-0.3, -0.25) is 0 Å². The summed E-state index contributed by atoms with van der Waals surface area (Å²) < 4.78 is 0. The minimum absolute atomic E-state index is 0.224. The number of nitrogens with two attached hydrogens (primary N) is 1. The SMILES string of the molecule is NNc1cccc(SCCCO)n1. The van der Waals surface area contributed by atoms with Crippen molar-refractivity contribution >= 4 is 17.6 Å². The zero-order valence-corrected chi connectivity index (χ0v) is 8.05. The second-order valence-electron chi connectivity index (χ2n) is 2.43. The zero-order chi connectivity index (χ0) is 9.52. The molecule has 0 saturated carbocycles.